The molecule has 1 fully saturated rings. The van der Waals surface area contributed by atoms with Crippen molar-refractivity contribution in [3.63, 3.8) is 0 Å². The van der Waals surface area contributed by atoms with E-state index in [0.717, 1.165) is 80.2 Å². The van der Waals surface area contributed by atoms with E-state index in [1.165, 1.54) is 4.90 Å². The number of fused-ring (bicyclic) bond motifs is 3. The minimum atomic E-state index is -0.905. The number of aryl methyl sites for hydroxylation is 3. The Morgan fingerprint density at radius 3 is 2.90 bits per heavy atom. The lowest BCUT2D eigenvalue weighted by molar-refractivity contribution is -0.00513. The zero-order chi connectivity index (χ0) is 21.4. The molecule has 0 unspecified atom stereocenters. The topological polar surface area (TPSA) is 97.4 Å². The first-order valence-corrected chi connectivity index (χ1v) is 10.9. The third kappa shape index (κ3) is 3.79. The fourth-order valence-electron chi connectivity index (χ4n) is 4.59. The van der Waals surface area contributed by atoms with Crippen LogP contribution >= 0.6 is 0 Å². The van der Waals surface area contributed by atoms with Crippen molar-refractivity contribution in [2.45, 2.75) is 51.4 Å². The van der Waals surface area contributed by atoms with Crippen LogP contribution in [0.3, 0.4) is 0 Å². The molecule has 9 heteroatoms. The van der Waals surface area contributed by atoms with E-state index < -0.39 is 6.09 Å². The Balaban J connectivity index is 1.49. The fourth-order valence-corrected chi connectivity index (χ4v) is 4.59. The molecular weight excluding hydrogens is 396 g/mol. The highest BCUT2D eigenvalue weighted by molar-refractivity contribution is 5.94. The monoisotopic (exact) mass is 424 g/mol. The molecule has 0 radical (unpaired) electrons. The first kappa shape index (κ1) is 20.0. The van der Waals surface area contributed by atoms with Crippen molar-refractivity contribution in [3.8, 4) is 0 Å². The Morgan fingerprint density at radius 1 is 1.32 bits per heavy atom. The van der Waals surface area contributed by atoms with Crippen LogP contribution in [0.2, 0.25) is 0 Å². The highest BCUT2D eigenvalue weighted by atomic mass is 16.5. The predicted molar refractivity (Wildman–Crippen MR) is 117 cm³/mol. The van der Waals surface area contributed by atoms with Gasteiger partial charge in [-0.15, -0.1) is 0 Å². The number of rotatable bonds is 7. The lowest BCUT2D eigenvalue weighted by Gasteiger charge is -2.33. The van der Waals surface area contributed by atoms with Crippen molar-refractivity contribution in [2.75, 3.05) is 24.7 Å². The lowest BCUT2D eigenvalue weighted by atomic mass is 9.96. The van der Waals surface area contributed by atoms with Crippen molar-refractivity contribution in [3.05, 3.63) is 42.0 Å². The summed E-state index contributed by atoms with van der Waals surface area (Å²) >= 11 is 0. The van der Waals surface area contributed by atoms with Gasteiger partial charge in [-0.05, 0) is 38.0 Å². The van der Waals surface area contributed by atoms with Crippen molar-refractivity contribution < 1.29 is 14.6 Å². The Kier molecular flexibility index (Phi) is 5.37. The standard InChI is InChI=1S/C22H28N6O3/c1-15-3-4-17-18(28(15)22(29)30)5-6-19-21(17)25-20(7-11-26-10-2-8-24-26)27(19)12-9-23-16-13-31-14-16/h2,5-6,8,10,15-16,23H,3-4,7,9,11-14H2,1H3,(H,29,30)/t15-/m0/s1. The molecule has 0 spiro atoms. The summed E-state index contributed by atoms with van der Waals surface area (Å²) in [6.45, 7) is 5.90. The number of benzene rings is 1. The van der Waals surface area contributed by atoms with E-state index in [9.17, 15) is 9.90 Å². The fraction of sp³-hybridized carbons (Fsp3) is 0.500. The van der Waals surface area contributed by atoms with Crippen LogP contribution in [0.15, 0.2) is 30.6 Å². The molecule has 1 saturated heterocycles. The summed E-state index contributed by atoms with van der Waals surface area (Å²) in [7, 11) is 0. The van der Waals surface area contributed by atoms with Gasteiger partial charge in [0.15, 0.2) is 0 Å². The molecule has 0 saturated carbocycles. The number of carboxylic acid groups (broad SMARTS) is 1. The van der Waals surface area contributed by atoms with Gasteiger partial charge >= 0.3 is 6.09 Å². The second-order valence-corrected chi connectivity index (χ2v) is 8.36. The molecule has 4 heterocycles. The van der Waals surface area contributed by atoms with Crippen LogP contribution in [-0.4, -0.2) is 62.4 Å². The van der Waals surface area contributed by atoms with Crippen molar-refractivity contribution in [1.82, 2.24) is 24.6 Å². The third-order valence-electron chi connectivity index (χ3n) is 6.33. The molecule has 1 amide bonds. The first-order valence-electron chi connectivity index (χ1n) is 10.9. The molecule has 2 N–H and O–H groups in total. The van der Waals surface area contributed by atoms with Gasteiger partial charge in [-0.2, -0.15) is 5.10 Å². The second kappa shape index (κ2) is 8.32. The van der Waals surface area contributed by atoms with Gasteiger partial charge in [0, 0.05) is 50.1 Å². The van der Waals surface area contributed by atoms with Crippen LogP contribution in [0.1, 0.15) is 24.7 Å². The van der Waals surface area contributed by atoms with Gasteiger partial charge in [0.1, 0.15) is 5.82 Å². The molecule has 3 aromatic rings. The number of ether oxygens (including phenoxy) is 1. The maximum Gasteiger partial charge on any atom is 0.412 e. The van der Waals surface area contributed by atoms with Gasteiger partial charge in [-0.1, -0.05) is 0 Å². The molecular formula is C22H28N6O3. The van der Waals surface area contributed by atoms with Gasteiger partial charge < -0.3 is 19.7 Å². The Hall–Kier alpha value is -2.91. The number of hydrogen-bond acceptors (Lipinski definition) is 5. The van der Waals surface area contributed by atoms with E-state index in [1.54, 1.807) is 6.20 Å². The van der Waals surface area contributed by atoms with E-state index in [2.05, 4.69) is 15.0 Å². The van der Waals surface area contributed by atoms with E-state index >= 15 is 0 Å². The quantitative estimate of drug-likeness (QED) is 0.604. The maximum atomic E-state index is 11.9. The van der Waals surface area contributed by atoms with Crippen LogP contribution in [0.25, 0.3) is 11.0 Å². The molecule has 0 bridgehead atoms. The summed E-state index contributed by atoms with van der Waals surface area (Å²) < 4.78 is 9.44. The largest absolute Gasteiger partial charge is 0.465 e. The number of aromatic nitrogens is 4. The summed E-state index contributed by atoms with van der Waals surface area (Å²) in [5.74, 6) is 1.01. The number of imidazole rings is 1. The highest BCUT2D eigenvalue weighted by Gasteiger charge is 2.30. The van der Waals surface area contributed by atoms with Gasteiger partial charge in [0.25, 0.3) is 0 Å². The number of nitrogens with zero attached hydrogens (tertiary/aromatic N) is 5. The van der Waals surface area contributed by atoms with Gasteiger partial charge in [-0.3, -0.25) is 9.58 Å². The Labute approximate surface area is 180 Å². The van der Waals surface area contributed by atoms with E-state index in [0.29, 0.717) is 6.04 Å². The van der Waals surface area contributed by atoms with Crippen LogP contribution < -0.4 is 10.2 Å². The van der Waals surface area contributed by atoms with Crippen LogP contribution in [0.5, 0.6) is 0 Å². The van der Waals surface area contributed by atoms with Gasteiger partial charge in [-0.25, -0.2) is 9.78 Å². The third-order valence-corrected chi connectivity index (χ3v) is 6.33. The summed E-state index contributed by atoms with van der Waals surface area (Å²) in [6.07, 6.45) is 5.24. The van der Waals surface area contributed by atoms with Gasteiger partial charge in [0.2, 0.25) is 0 Å². The highest BCUT2D eigenvalue weighted by Crippen LogP contribution is 2.36. The molecule has 164 valence electrons. The lowest BCUT2D eigenvalue weighted by Crippen LogP contribution is -2.46. The van der Waals surface area contributed by atoms with Crippen molar-refractivity contribution in [1.29, 1.82) is 0 Å². The second-order valence-electron chi connectivity index (χ2n) is 8.36. The maximum absolute atomic E-state index is 11.9. The minimum Gasteiger partial charge on any atom is -0.465 e. The first-order chi connectivity index (χ1) is 15.1. The van der Waals surface area contributed by atoms with Crippen LogP contribution in [0.4, 0.5) is 10.5 Å². The Morgan fingerprint density at radius 2 is 2.19 bits per heavy atom. The summed E-state index contributed by atoms with van der Waals surface area (Å²) in [4.78, 5) is 18.4. The van der Waals surface area contributed by atoms with E-state index in [4.69, 9.17) is 9.72 Å². The van der Waals surface area contributed by atoms with Crippen LogP contribution in [0, 0.1) is 0 Å². The van der Waals surface area contributed by atoms with E-state index in [1.807, 2.05) is 36.0 Å². The average molecular weight is 425 g/mol. The zero-order valence-corrected chi connectivity index (χ0v) is 17.7. The molecule has 31 heavy (non-hydrogen) atoms. The minimum absolute atomic E-state index is 0.0299. The van der Waals surface area contributed by atoms with E-state index in [-0.39, 0.29) is 6.04 Å². The molecule has 5 rings (SSSR count). The summed E-state index contributed by atoms with van der Waals surface area (Å²) in [5, 5.41) is 17.6. The molecule has 2 aliphatic heterocycles. The molecule has 1 aromatic carbocycles. The van der Waals surface area contributed by atoms with Crippen molar-refractivity contribution in [2.24, 2.45) is 0 Å². The smallest absolute Gasteiger partial charge is 0.412 e. The average Bonchev–Trinajstić information content (AvgIpc) is 3.35. The number of carbonyl (C=O) groups is 1. The van der Waals surface area contributed by atoms with Gasteiger partial charge in [0.05, 0.1) is 36.0 Å². The molecule has 2 aliphatic rings. The molecule has 2 aromatic heterocycles. The normalized spacial score (nSPS) is 18.9. The predicted octanol–water partition coefficient (Wildman–Crippen LogP) is 2.28. The number of nitrogens with one attached hydrogen (secondary N) is 1. The molecule has 1 atom stereocenters. The number of hydrogen-bond donors (Lipinski definition) is 2. The number of anilines is 1. The zero-order valence-electron chi connectivity index (χ0n) is 17.7. The number of amides is 1. The summed E-state index contributed by atoms with van der Waals surface area (Å²) in [6, 6.07) is 6.30. The SMILES string of the molecule is C[C@H]1CCc2c(ccc3c2nc(CCn2cccn2)n3CCNC2COC2)N1C(=O)O. The molecule has 9 nitrogen and oxygen atoms in total. The molecule has 0 aliphatic carbocycles. The van der Waals surface area contributed by atoms with Crippen molar-refractivity contribution >= 4 is 22.8 Å². The van der Waals surface area contributed by atoms with Crippen LogP contribution in [-0.2, 0) is 30.7 Å². The Bertz CT molecular complexity index is 1070. The summed E-state index contributed by atoms with van der Waals surface area (Å²) in [5.41, 5.74) is 3.81.